The van der Waals surface area contributed by atoms with E-state index in [0.717, 1.165) is 22.4 Å². The fourth-order valence-electron chi connectivity index (χ4n) is 3.72. The molecule has 26 heavy (non-hydrogen) atoms. The topological polar surface area (TPSA) is 64.4 Å². The maximum absolute atomic E-state index is 13.2. The average molecular weight is 369 g/mol. The Balaban J connectivity index is 1.83. The predicted octanol–water partition coefficient (Wildman–Crippen LogP) is 2.99. The quantitative estimate of drug-likeness (QED) is 0.834. The van der Waals surface area contributed by atoms with Gasteiger partial charge in [0.15, 0.2) is 0 Å². The Hall–Kier alpha value is -2.36. The molecule has 0 N–H and O–H groups in total. The van der Waals surface area contributed by atoms with E-state index < -0.39 is 10.0 Å². The summed E-state index contributed by atoms with van der Waals surface area (Å²) < 4.78 is 27.9. The minimum atomic E-state index is -3.52. The summed E-state index contributed by atoms with van der Waals surface area (Å²) in [5, 5.41) is 9.28. The van der Waals surface area contributed by atoms with Gasteiger partial charge in [-0.3, -0.25) is 0 Å². The number of rotatable bonds is 3. The molecule has 1 aliphatic heterocycles. The minimum absolute atomic E-state index is 0.412. The maximum atomic E-state index is 13.2. The zero-order valence-corrected chi connectivity index (χ0v) is 16.2. The summed E-state index contributed by atoms with van der Waals surface area (Å²) >= 11 is 0. The van der Waals surface area contributed by atoms with E-state index in [2.05, 4.69) is 11.0 Å². The number of sulfonamides is 1. The molecule has 1 saturated heterocycles. The van der Waals surface area contributed by atoms with Crippen LogP contribution in [-0.4, -0.2) is 38.9 Å². The minimum Gasteiger partial charge on any atom is -0.368 e. The van der Waals surface area contributed by atoms with Crippen molar-refractivity contribution in [1.82, 2.24) is 4.31 Å². The van der Waals surface area contributed by atoms with E-state index in [9.17, 15) is 13.7 Å². The smallest absolute Gasteiger partial charge is 0.243 e. The van der Waals surface area contributed by atoms with Crippen LogP contribution in [0.5, 0.6) is 0 Å². The number of nitriles is 1. The highest BCUT2D eigenvalue weighted by Crippen LogP contribution is 2.27. The lowest BCUT2D eigenvalue weighted by molar-refractivity contribution is 0.384. The van der Waals surface area contributed by atoms with E-state index in [1.54, 1.807) is 10.4 Å². The number of piperazine rings is 1. The third-order valence-corrected chi connectivity index (χ3v) is 7.01. The van der Waals surface area contributed by atoms with Gasteiger partial charge in [-0.1, -0.05) is 29.8 Å². The van der Waals surface area contributed by atoms with Crippen LogP contribution in [0.15, 0.2) is 41.3 Å². The van der Waals surface area contributed by atoms with Gasteiger partial charge in [0.25, 0.3) is 0 Å². The number of benzene rings is 2. The number of anilines is 1. The van der Waals surface area contributed by atoms with E-state index in [0.29, 0.717) is 36.6 Å². The Labute approximate surface area is 155 Å². The molecule has 5 nitrogen and oxygen atoms in total. The third-order valence-electron chi connectivity index (χ3n) is 4.81. The number of para-hydroxylation sites is 1. The van der Waals surface area contributed by atoms with E-state index >= 15 is 0 Å². The normalized spacial score (nSPS) is 15.7. The Morgan fingerprint density at radius 1 is 0.962 bits per heavy atom. The summed E-state index contributed by atoms with van der Waals surface area (Å²) in [7, 11) is -3.52. The number of aryl methyl sites for hydroxylation is 3. The molecule has 1 fully saturated rings. The first-order valence-corrected chi connectivity index (χ1v) is 10.1. The van der Waals surface area contributed by atoms with Gasteiger partial charge in [0, 0.05) is 26.2 Å². The van der Waals surface area contributed by atoms with Crippen molar-refractivity contribution < 1.29 is 8.42 Å². The summed E-state index contributed by atoms with van der Waals surface area (Å²) in [5.41, 5.74) is 4.14. The van der Waals surface area contributed by atoms with Gasteiger partial charge in [0.2, 0.25) is 10.0 Å². The third kappa shape index (κ3) is 3.33. The second-order valence-electron chi connectivity index (χ2n) is 6.75. The molecule has 2 aromatic carbocycles. The molecule has 0 saturated carbocycles. The fraction of sp³-hybridized carbons (Fsp3) is 0.350. The SMILES string of the molecule is Cc1cc(C)c(S(=O)(=O)N2CCN(c3ccccc3C#N)CC2)c(C)c1. The lowest BCUT2D eigenvalue weighted by Crippen LogP contribution is -2.49. The molecule has 0 aliphatic carbocycles. The molecule has 0 spiro atoms. The van der Waals surface area contributed by atoms with Crippen LogP contribution in [0.1, 0.15) is 22.3 Å². The van der Waals surface area contributed by atoms with Gasteiger partial charge in [-0.25, -0.2) is 8.42 Å². The van der Waals surface area contributed by atoms with Crippen molar-refractivity contribution in [1.29, 1.82) is 5.26 Å². The summed E-state index contributed by atoms with van der Waals surface area (Å²) in [6, 6.07) is 13.5. The Bertz CT molecular complexity index is 946. The first kappa shape index (κ1) is 18.4. The molecular formula is C20H23N3O2S. The van der Waals surface area contributed by atoms with Crippen LogP contribution in [0.2, 0.25) is 0 Å². The van der Waals surface area contributed by atoms with Crippen LogP contribution in [-0.2, 0) is 10.0 Å². The van der Waals surface area contributed by atoms with Crippen molar-refractivity contribution in [2.45, 2.75) is 25.7 Å². The van der Waals surface area contributed by atoms with E-state index in [1.165, 1.54) is 0 Å². The maximum Gasteiger partial charge on any atom is 0.243 e. The van der Waals surface area contributed by atoms with Crippen LogP contribution in [0.25, 0.3) is 0 Å². The molecule has 0 aromatic heterocycles. The zero-order valence-electron chi connectivity index (χ0n) is 15.4. The van der Waals surface area contributed by atoms with Crippen LogP contribution in [0.4, 0.5) is 5.69 Å². The molecule has 0 unspecified atom stereocenters. The first-order valence-electron chi connectivity index (χ1n) is 8.66. The number of hydrogen-bond donors (Lipinski definition) is 0. The lowest BCUT2D eigenvalue weighted by Gasteiger charge is -2.36. The van der Waals surface area contributed by atoms with Gasteiger partial charge in [-0.05, 0) is 44.0 Å². The molecule has 3 rings (SSSR count). The lowest BCUT2D eigenvalue weighted by atomic mass is 10.1. The highest BCUT2D eigenvalue weighted by Gasteiger charge is 2.31. The summed E-state index contributed by atoms with van der Waals surface area (Å²) in [5.74, 6) is 0. The molecule has 6 heteroatoms. The highest BCUT2D eigenvalue weighted by atomic mass is 32.2. The van der Waals surface area contributed by atoms with Crippen molar-refractivity contribution in [3.05, 3.63) is 58.7 Å². The summed E-state index contributed by atoms with van der Waals surface area (Å²) in [4.78, 5) is 2.51. The van der Waals surface area contributed by atoms with Crippen LogP contribution in [0, 0.1) is 32.1 Å². The Morgan fingerprint density at radius 3 is 2.12 bits per heavy atom. The van der Waals surface area contributed by atoms with Crippen molar-refractivity contribution in [2.75, 3.05) is 31.1 Å². The van der Waals surface area contributed by atoms with Crippen LogP contribution >= 0.6 is 0 Å². The van der Waals surface area contributed by atoms with Gasteiger partial charge < -0.3 is 4.90 Å². The molecule has 0 bridgehead atoms. The van der Waals surface area contributed by atoms with Gasteiger partial charge in [0.1, 0.15) is 6.07 Å². The van der Waals surface area contributed by atoms with Crippen LogP contribution < -0.4 is 4.90 Å². The van der Waals surface area contributed by atoms with Gasteiger partial charge in [0.05, 0.1) is 16.1 Å². The van der Waals surface area contributed by atoms with E-state index in [1.807, 2.05) is 51.1 Å². The summed E-state index contributed by atoms with van der Waals surface area (Å²) in [6.45, 7) is 7.65. The van der Waals surface area contributed by atoms with Crippen molar-refractivity contribution in [2.24, 2.45) is 0 Å². The number of hydrogen-bond acceptors (Lipinski definition) is 4. The van der Waals surface area contributed by atoms with Crippen molar-refractivity contribution in [3.63, 3.8) is 0 Å². The second kappa shape index (κ2) is 7.10. The summed E-state index contributed by atoms with van der Waals surface area (Å²) in [6.07, 6.45) is 0. The molecule has 2 aromatic rings. The van der Waals surface area contributed by atoms with Crippen molar-refractivity contribution in [3.8, 4) is 6.07 Å². The van der Waals surface area contributed by atoms with E-state index in [-0.39, 0.29) is 0 Å². The van der Waals surface area contributed by atoms with Gasteiger partial charge in [-0.2, -0.15) is 9.57 Å². The molecule has 0 radical (unpaired) electrons. The molecule has 1 aliphatic rings. The monoisotopic (exact) mass is 369 g/mol. The molecule has 1 heterocycles. The predicted molar refractivity (Wildman–Crippen MR) is 103 cm³/mol. The Morgan fingerprint density at radius 2 is 1.54 bits per heavy atom. The van der Waals surface area contributed by atoms with Crippen LogP contribution in [0.3, 0.4) is 0 Å². The molecule has 136 valence electrons. The highest BCUT2D eigenvalue weighted by molar-refractivity contribution is 7.89. The largest absolute Gasteiger partial charge is 0.368 e. The fourth-order valence-corrected chi connectivity index (χ4v) is 5.55. The standard InChI is InChI=1S/C20H23N3O2S/c1-15-12-16(2)20(17(3)13-15)26(24,25)23-10-8-22(9-11-23)19-7-5-4-6-18(19)14-21/h4-7,12-13H,8-11H2,1-3H3. The first-order chi connectivity index (χ1) is 12.3. The zero-order chi connectivity index (χ0) is 18.9. The van der Waals surface area contributed by atoms with E-state index in [4.69, 9.17) is 0 Å². The second-order valence-corrected chi connectivity index (χ2v) is 8.62. The average Bonchev–Trinajstić information content (AvgIpc) is 2.60. The Kier molecular flexibility index (Phi) is 5.03. The van der Waals surface area contributed by atoms with Gasteiger partial charge >= 0.3 is 0 Å². The van der Waals surface area contributed by atoms with Crippen molar-refractivity contribution >= 4 is 15.7 Å². The number of nitrogens with zero attached hydrogens (tertiary/aromatic N) is 3. The van der Waals surface area contributed by atoms with Gasteiger partial charge in [-0.15, -0.1) is 0 Å². The molecule has 0 atom stereocenters. The molecule has 0 amide bonds. The molecular weight excluding hydrogens is 346 g/mol.